The molecular formula is C126H78. The van der Waals surface area contributed by atoms with Crippen LogP contribution in [0, 0.1) is 0 Å². The minimum Gasteiger partial charge on any atom is -0.0616 e. The highest BCUT2D eigenvalue weighted by Crippen LogP contribution is 2.58. The van der Waals surface area contributed by atoms with E-state index in [0.29, 0.717) is 0 Å². The lowest BCUT2D eigenvalue weighted by Gasteiger charge is -2.29. The first-order valence-corrected chi connectivity index (χ1v) is 43.8. The highest BCUT2D eigenvalue weighted by molar-refractivity contribution is 6.22. The van der Waals surface area contributed by atoms with Crippen LogP contribution in [0.2, 0.25) is 0 Å². The standard InChI is InChI=1S/C126H78/c1-13-37-103-91(25-1)73-92-26-2-14-38-104(92)115(103)79-49-61-85(62-50-79)121-122(86-63-51-80(52-64-86)116-105-39-15-3-27-93(105)74-94-28-4-16-40-106(94)116)124(88-67-55-82(56-68-88)118-109-43-19-7-31-97(109)76-98-32-8-20-44-110(98)118)126(90-71-59-84(60-72-90)120-113-47-23-11-35-101(113)78-102-36-12-24-48-114(102)120)125(89-69-57-83(58-70-89)119-111-45-21-9-33-99(111)77-100-34-10-22-46-112(100)119)123(121)87-65-53-81(54-66-87)117-107-41-17-5-29-95(107)75-96-30-6-18-42-108(96)117/h1-78H. The van der Waals surface area contributed by atoms with Crippen LogP contribution in [0.4, 0.5) is 0 Å². The molecule has 0 aliphatic carbocycles. The van der Waals surface area contributed by atoms with Crippen LogP contribution >= 0.6 is 0 Å². The Hall–Kier alpha value is -16.4. The van der Waals surface area contributed by atoms with Gasteiger partial charge in [0.05, 0.1) is 0 Å². The molecule has 126 heavy (non-hydrogen) atoms. The van der Waals surface area contributed by atoms with E-state index in [-0.39, 0.29) is 0 Å². The third-order valence-corrected chi connectivity index (χ3v) is 26.9. The Labute approximate surface area is 730 Å². The van der Waals surface area contributed by atoms with E-state index in [9.17, 15) is 0 Å². The van der Waals surface area contributed by atoms with Crippen LogP contribution < -0.4 is 0 Å². The summed E-state index contributed by atoms with van der Waals surface area (Å²) in [4.78, 5) is 0. The van der Waals surface area contributed by atoms with Gasteiger partial charge < -0.3 is 0 Å². The summed E-state index contributed by atoms with van der Waals surface area (Å²) in [5.41, 5.74) is 27.5. The lowest BCUT2D eigenvalue weighted by molar-refractivity contribution is 1.51. The van der Waals surface area contributed by atoms with Gasteiger partial charge in [-0.2, -0.15) is 0 Å². The Balaban J connectivity index is 0.845. The average molecular weight is 1590 g/mol. The van der Waals surface area contributed by atoms with E-state index < -0.39 is 0 Å². The van der Waals surface area contributed by atoms with E-state index in [1.54, 1.807) is 0 Å². The van der Waals surface area contributed by atoms with Gasteiger partial charge in [-0.05, 0) is 299 Å². The summed E-state index contributed by atoms with van der Waals surface area (Å²) in [6, 6.07) is 179. The average Bonchev–Trinajstić information content (AvgIpc) is 0.706. The molecule has 25 rings (SSSR count). The van der Waals surface area contributed by atoms with Gasteiger partial charge in [0.1, 0.15) is 0 Å². The third-order valence-electron chi connectivity index (χ3n) is 26.9. The second-order valence-electron chi connectivity index (χ2n) is 33.9. The zero-order valence-corrected chi connectivity index (χ0v) is 69.0. The molecule has 0 N–H and O–H groups in total. The van der Waals surface area contributed by atoms with Gasteiger partial charge >= 0.3 is 0 Å². The molecule has 0 bridgehead atoms. The molecule has 0 saturated carbocycles. The maximum absolute atomic E-state index is 2.45. The Morgan fingerprint density at radius 1 is 0.0714 bits per heavy atom. The SMILES string of the molecule is c1ccc2c(-c3ccc(-c4c(-c5ccc(-c6c7ccccc7cc7ccccc67)cc5)c(-c5ccc(-c6c7ccccc7cc7ccccc67)cc5)c(-c5ccc(-c6c7ccccc7cc7ccccc67)cc5)c(-c5ccc(-c6c7ccccc7cc7ccccc67)cc5)c4-c4ccc(-c5c6ccccc6cc6ccccc56)cc4)cc3)c3ccccc3cc2c1. The molecule has 0 saturated heterocycles. The number of benzene rings is 25. The summed E-state index contributed by atoms with van der Waals surface area (Å²) >= 11 is 0. The molecule has 0 heterocycles. The number of rotatable bonds is 12. The van der Waals surface area contributed by atoms with E-state index >= 15 is 0 Å². The van der Waals surface area contributed by atoms with Crippen LogP contribution in [0.25, 0.3) is 263 Å². The van der Waals surface area contributed by atoms with Crippen molar-refractivity contribution in [1.29, 1.82) is 0 Å². The van der Waals surface area contributed by atoms with E-state index in [1.807, 2.05) is 0 Å². The minimum atomic E-state index is 1.09. The summed E-state index contributed by atoms with van der Waals surface area (Å²) in [5, 5.41) is 29.2. The topological polar surface area (TPSA) is 0 Å². The van der Waals surface area contributed by atoms with Crippen molar-refractivity contribution in [3.05, 3.63) is 473 Å². The molecule has 0 spiro atoms. The molecule has 0 fully saturated rings. The molecule has 0 aliphatic heterocycles. The molecule has 0 unspecified atom stereocenters. The zero-order chi connectivity index (χ0) is 82.9. The van der Waals surface area contributed by atoms with Crippen molar-refractivity contribution < 1.29 is 0 Å². The van der Waals surface area contributed by atoms with Crippen LogP contribution in [0.5, 0.6) is 0 Å². The van der Waals surface area contributed by atoms with Gasteiger partial charge in [-0.1, -0.05) is 437 Å². The number of fused-ring (bicyclic) bond motifs is 12. The van der Waals surface area contributed by atoms with Gasteiger partial charge in [-0.15, -0.1) is 0 Å². The quantitative estimate of drug-likeness (QED) is 0.107. The lowest BCUT2D eigenvalue weighted by atomic mass is 9.73. The first kappa shape index (κ1) is 72.4. The number of hydrogen-bond acceptors (Lipinski definition) is 0. The monoisotopic (exact) mass is 1590 g/mol. The summed E-state index contributed by atoms with van der Waals surface area (Å²) in [6.45, 7) is 0. The van der Waals surface area contributed by atoms with E-state index in [2.05, 4.69) is 473 Å². The molecule has 25 aromatic carbocycles. The van der Waals surface area contributed by atoms with Crippen molar-refractivity contribution >= 4 is 129 Å². The highest BCUT2D eigenvalue weighted by atomic mass is 14.3. The fourth-order valence-corrected chi connectivity index (χ4v) is 21.3. The van der Waals surface area contributed by atoms with Crippen molar-refractivity contribution in [2.45, 2.75) is 0 Å². The van der Waals surface area contributed by atoms with Gasteiger partial charge in [-0.25, -0.2) is 0 Å². The van der Waals surface area contributed by atoms with E-state index in [1.165, 1.54) is 163 Å². The molecule has 0 radical (unpaired) electrons. The van der Waals surface area contributed by atoms with E-state index in [0.717, 1.165) is 100 Å². The second-order valence-corrected chi connectivity index (χ2v) is 33.9. The molecular weight excluding hydrogens is 1510 g/mol. The zero-order valence-electron chi connectivity index (χ0n) is 69.0. The van der Waals surface area contributed by atoms with Gasteiger partial charge in [0.15, 0.2) is 0 Å². The normalized spacial score (nSPS) is 11.8. The largest absolute Gasteiger partial charge is 0.0616 e. The van der Waals surface area contributed by atoms with Gasteiger partial charge in [0.2, 0.25) is 0 Å². The predicted molar refractivity (Wildman–Crippen MR) is 542 cm³/mol. The second kappa shape index (κ2) is 29.8. The molecule has 0 nitrogen and oxygen atoms in total. The van der Waals surface area contributed by atoms with Crippen LogP contribution in [0.1, 0.15) is 0 Å². The van der Waals surface area contributed by atoms with Crippen LogP contribution in [-0.4, -0.2) is 0 Å². The minimum absolute atomic E-state index is 1.09. The van der Waals surface area contributed by atoms with Crippen molar-refractivity contribution in [2.24, 2.45) is 0 Å². The Morgan fingerprint density at radius 2 is 0.151 bits per heavy atom. The molecule has 0 amide bonds. The first-order valence-electron chi connectivity index (χ1n) is 43.8. The fourth-order valence-electron chi connectivity index (χ4n) is 21.3. The van der Waals surface area contributed by atoms with Gasteiger partial charge in [0.25, 0.3) is 0 Å². The van der Waals surface area contributed by atoms with Gasteiger partial charge in [-0.3, -0.25) is 0 Å². The predicted octanol–water partition coefficient (Wildman–Crippen LogP) is 35.5. The molecule has 582 valence electrons. The molecule has 0 aromatic heterocycles. The van der Waals surface area contributed by atoms with Crippen molar-refractivity contribution in [3.63, 3.8) is 0 Å². The molecule has 0 atom stereocenters. The van der Waals surface area contributed by atoms with Gasteiger partial charge in [0, 0.05) is 0 Å². The first-order chi connectivity index (χ1) is 62.5. The van der Waals surface area contributed by atoms with Crippen molar-refractivity contribution in [1.82, 2.24) is 0 Å². The highest BCUT2D eigenvalue weighted by Gasteiger charge is 2.32. The van der Waals surface area contributed by atoms with Crippen LogP contribution in [-0.2, 0) is 0 Å². The summed E-state index contributed by atoms with van der Waals surface area (Å²) in [7, 11) is 0. The molecule has 0 aliphatic rings. The molecule has 25 aromatic rings. The Bertz CT molecular complexity index is 7080. The summed E-state index contributed by atoms with van der Waals surface area (Å²) < 4.78 is 0. The summed E-state index contributed by atoms with van der Waals surface area (Å²) in [5.74, 6) is 0. The number of hydrogen-bond donors (Lipinski definition) is 0. The van der Waals surface area contributed by atoms with Crippen LogP contribution in [0.15, 0.2) is 473 Å². The smallest absolute Gasteiger partial charge is 0.00139 e. The van der Waals surface area contributed by atoms with Crippen molar-refractivity contribution in [3.8, 4) is 134 Å². The Morgan fingerprint density at radius 3 is 0.246 bits per heavy atom. The Kier molecular flexibility index (Phi) is 17.1. The summed E-state index contributed by atoms with van der Waals surface area (Å²) in [6.07, 6.45) is 0. The van der Waals surface area contributed by atoms with Crippen LogP contribution in [0.3, 0.4) is 0 Å². The van der Waals surface area contributed by atoms with E-state index in [4.69, 9.17) is 0 Å². The molecule has 0 heteroatoms. The maximum atomic E-state index is 2.45. The third kappa shape index (κ3) is 12.0. The maximum Gasteiger partial charge on any atom is -0.00139 e. The lowest BCUT2D eigenvalue weighted by Crippen LogP contribution is -2.02. The fraction of sp³-hybridized carbons (Fsp3) is 0. The van der Waals surface area contributed by atoms with Crippen molar-refractivity contribution in [2.75, 3.05) is 0 Å².